The minimum absolute atomic E-state index is 0.0588. The van der Waals surface area contributed by atoms with E-state index < -0.39 is 5.82 Å². The van der Waals surface area contributed by atoms with E-state index in [0.29, 0.717) is 11.1 Å². The summed E-state index contributed by atoms with van der Waals surface area (Å²) in [5.41, 5.74) is 3.16. The molecule has 23 heavy (non-hydrogen) atoms. The van der Waals surface area contributed by atoms with Gasteiger partial charge in [0.15, 0.2) is 0 Å². The van der Waals surface area contributed by atoms with Crippen LogP contribution in [0.1, 0.15) is 11.3 Å². The molecule has 1 aromatic heterocycles. The molecule has 0 saturated carbocycles. The van der Waals surface area contributed by atoms with Crippen LogP contribution in [0, 0.1) is 28.5 Å². The van der Waals surface area contributed by atoms with Crippen molar-refractivity contribution >= 4 is 0 Å². The third-order valence-corrected chi connectivity index (χ3v) is 3.50. The van der Waals surface area contributed by atoms with Gasteiger partial charge in [-0.05, 0) is 29.3 Å². The number of benzene rings is 2. The van der Waals surface area contributed by atoms with Crippen LogP contribution in [-0.4, -0.2) is 4.98 Å². The van der Waals surface area contributed by atoms with Crippen LogP contribution in [0.25, 0.3) is 22.3 Å². The van der Waals surface area contributed by atoms with Crippen molar-refractivity contribution in [1.82, 2.24) is 4.98 Å². The van der Waals surface area contributed by atoms with Crippen molar-refractivity contribution in [2.75, 3.05) is 0 Å². The summed E-state index contributed by atoms with van der Waals surface area (Å²) in [6.07, 6.45) is 1.63. The van der Waals surface area contributed by atoms with Crippen LogP contribution in [0.5, 0.6) is 0 Å². The Hall–Kier alpha value is -3.50. The monoisotopic (exact) mass is 299 g/mol. The van der Waals surface area contributed by atoms with E-state index in [1.807, 2.05) is 48.5 Å². The van der Waals surface area contributed by atoms with E-state index >= 15 is 0 Å². The molecule has 0 aliphatic carbocycles. The van der Waals surface area contributed by atoms with Gasteiger partial charge >= 0.3 is 0 Å². The van der Waals surface area contributed by atoms with Gasteiger partial charge in [0.05, 0.1) is 5.56 Å². The van der Waals surface area contributed by atoms with Crippen molar-refractivity contribution in [2.24, 2.45) is 0 Å². The van der Waals surface area contributed by atoms with Gasteiger partial charge in [0.25, 0.3) is 0 Å². The zero-order valence-corrected chi connectivity index (χ0v) is 12.0. The highest BCUT2D eigenvalue weighted by Crippen LogP contribution is 2.29. The van der Waals surface area contributed by atoms with Gasteiger partial charge in [-0.3, -0.25) is 0 Å². The number of hydrogen-bond acceptors (Lipinski definition) is 3. The zero-order chi connectivity index (χ0) is 16.2. The summed E-state index contributed by atoms with van der Waals surface area (Å²) in [7, 11) is 0. The lowest BCUT2D eigenvalue weighted by Gasteiger charge is -2.08. The minimum Gasteiger partial charge on any atom is -0.244 e. The summed E-state index contributed by atoms with van der Waals surface area (Å²) in [6.45, 7) is 0. The number of nitriles is 2. The van der Waals surface area contributed by atoms with Gasteiger partial charge < -0.3 is 0 Å². The van der Waals surface area contributed by atoms with Crippen LogP contribution in [0.3, 0.4) is 0 Å². The van der Waals surface area contributed by atoms with Gasteiger partial charge in [-0.2, -0.15) is 10.5 Å². The second-order valence-corrected chi connectivity index (χ2v) is 4.90. The number of rotatable bonds is 2. The fraction of sp³-hybridized carbons (Fsp3) is 0. The van der Waals surface area contributed by atoms with Gasteiger partial charge in [0.2, 0.25) is 0 Å². The Bertz CT molecular complexity index is 951. The summed E-state index contributed by atoms with van der Waals surface area (Å²) in [5.74, 6) is -0.582. The van der Waals surface area contributed by atoms with Crippen molar-refractivity contribution in [2.45, 2.75) is 0 Å². The van der Waals surface area contributed by atoms with Gasteiger partial charge in [0, 0.05) is 17.3 Å². The van der Waals surface area contributed by atoms with E-state index in [4.69, 9.17) is 5.26 Å². The predicted molar refractivity (Wildman–Crippen MR) is 84.5 cm³/mol. The molecule has 0 bridgehead atoms. The molecule has 3 nitrogen and oxygen atoms in total. The molecule has 0 atom stereocenters. The lowest BCUT2D eigenvalue weighted by Crippen LogP contribution is -1.93. The third-order valence-electron chi connectivity index (χ3n) is 3.50. The number of pyridine rings is 1. The molecule has 0 unspecified atom stereocenters. The molecule has 0 aliphatic rings. The normalized spacial score (nSPS) is 9.87. The molecule has 0 aliphatic heterocycles. The fourth-order valence-corrected chi connectivity index (χ4v) is 2.34. The zero-order valence-electron chi connectivity index (χ0n) is 12.0. The average Bonchev–Trinajstić information content (AvgIpc) is 2.62. The molecular formula is C19H10FN3. The first-order valence-corrected chi connectivity index (χ1v) is 6.88. The Balaban J connectivity index is 2.19. The van der Waals surface area contributed by atoms with E-state index in [1.54, 1.807) is 12.3 Å². The predicted octanol–water partition coefficient (Wildman–Crippen LogP) is 4.30. The average molecular weight is 299 g/mol. The lowest BCUT2D eigenvalue weighted by atomic mass is 9.98. The van der Waals surface area contributed by atoms with Crippen molar-refractivity contribution in [3.05, 3.63) is 77.9 Å². The van der Waals surface area contributed by atoms with Gasteiger partial charge in [-0.15, -0.1) is 0 Å². The number of halogens is 1. The van der Waals surface area contributed by atoms with Crippen molar-refractivity contribution in [1.29, 1.82) is 10.5 Å². The number of hydrogen-bond donors (Lipinski definition) is 0. The SMILES string of the molecule is N#Cc1cc(-c2cc(-c3ccccc3)cnc2C#N)ccc1F. The van der Waals surface area contributed by atoms with E-state index in [1.165, 1.54) is 12.1 Å². The standard InChI is InChI=1S/C19H10FN3/c20-18-7-6-14(8-15(18)10-21)17-9-16(12-23-19(17)11-22)13-4-2-1-3-5-13/h1-9,12H. The molecule has 0 saturated heterocycles. The van der Waals surface area contributed by atoms with Crippen molar-refractivity contribution in [3.8, 4) is 34.4 Å². The maximum Gasteiger partial charge on any atom is 0.148 e. The van der Waals surface area contributed by atoms with E-state index in [9.17, 15) is 9.65 Å². The first kappa shape index (κ1) is 14.4. The van der Waals surface area contributed by atoms with Crippen LogP contribution < -0.4 is 0 Å². The van der Waals surface area contributed by atoms with E-state index in [0.717, 1.165) is 11.1 Å². The quantitative estimate of drug-likeness (QED) is 0.709. The van der Waals surface area contributed by atoms with E-state index in [-0.39, 0.29) is 11.3 Å². The highest BCUT2D eigenvalue weighted by molar-refractivity contribution is 5.76. The smallest absolute Gasteiger partial charge is 0.148 e. The maximum absolute atomic E-state index is 13.5. The van der Waals surface area contributed by atoms with Crippen molar-refractivity contribution < 1.29 is 4.39 Å². The van der Waals surface area contributed by atoms with Crippen LogP contribution in [0.15, 0.2) is 60.8 Å². The Kier molecular flexibility index (Phi) is 3.82. The Morgan fingerprint density at radius 3 is 2.30 bits per heavy atom. The topological polar surface area (TPSA) is 60.5 Å². The number of aromatic nitrogens is 1. The fourth-order valence-electron chi connectivity index (χ4n) is 2.34. The molecule has 108 valence electrons. The van der Waals surface area contributed by atoms with Gasteiger partial charge in [-0.1, -0.05) is 36.4 Å². The summed E-state index contributed by atoms with van der Waals surface area (Å²) in [6, 6.07) is 19.5. The number of nitrogens with zero attached hydrogens (tertiary/aromatic N) is 3. The van der Waals surface area contributed by atoms with Crippen LogP contribution in [0.4, 0.5) is 4.39 Å². The molecule has 3 rings (SSSR count). The van der Waals surface area contributed by atoms with E-state index in [2.05, 4.69) is 4.98 Å². The Labute approximate surface area is 132 Å². The van der Waals surface area contributed by atoms with Crippen LogP contribution in [0.2, 0.25) is 0 Å². The molecule has 0 radical (unpaired) electrons. The summed E-state index contributed by atoms with van der Waals surface area (Å²) < 4.78 is 13.5. The molecule has 0 spiro atoms. The second kappa shape index (κ2) is 6.09. The first-order valence-electron chi connectivity index (χ1n) is 6.88. The Morgan fingerprint density at radius 1 is 0.826 bits per heavy atom. The molecular weight excluding hydrogens is 289 g/mol. The van der Waals surface area contributed by atoms with Crippen LogP contribution >= 0.6 is 0 Å². The van der Waals surface area contributed by atoms with Crippen LogP contribution in [-0.2, 0) is 0 Å². The molecule has 4 heteroatoms. The maximum atomic E-state index is 13.5. The highest BCUT2D eigenvalue weighted by Gasteiger charge is 2.11. The molecule has 0 amide bonds. The van der Waals surface area contributed by atoms with Crippen molar-refractivity contribution in [3.63, 3.8) is 0 Å². The molecule has 0 N–H and O–H groups in total. The molecule has 3 aromatic rings. The summed E-state index contributed by atoms with van der Waals surface area (Å²) in [5, 5.41) is 18.2. The minimum atomic E-state index is -0.582. The third kappa shape index (κ3) is 2.79. The van der Waals surface area contributed by atoms with Gasteiger partial charge in [-0.25, -0.2) is 9.37 Å². The first-order chi connectivity index (χ1) is 11.2. The summed E-state index contributed by atoms with van der Waals surface area (Å²) >= 11 is 0. The molecule has 0 fully saturated rings. The largest absolute Gasteiger partial charge is 0.244 e. The molecule has 1 heterocycles. The molecule has 2 aromatic carbocycles. The Morgan fingerprint density at radius 2 is 1.61 bits per heavy atom. The second-order valence-electron chi connectivity index (χ2n) is 4.90. The summed E-state index contributed by atoms with van der Waals surface area (Å²) in [4.78, 5) is 4.19. The lowest BCUT2D eigenvalue weighted by molar-refractivity contribution is 0.624. The van der Waals surface area contributed by atoms with Gasteiger partial charge in [0.1, 0.15) is 23.6 Å². The highest BCUT2D eigenvalue weighted by atomic mass is 19.1.